The van der Waals surface area contributed by atoms with Crippen LogP contribution in [0.4, 0.5) is 0 Å². The quantitative estimate of drug-likeness (QED) is 0.744. The maximum Gasteiger partial charge on any atom is 0.223 e. The highest BCUT2D eigenvalue weighted by Gasteiger charge is 2.23. The molecule has 88 valence electrons. The molecule has 1 aliphatic rings. The second kappa shape index (κ2) is 5.50. The Morgan fingerprint density at radius 2 is 1.93 bits per heavy atom. The van der Waals surface area contributed by atoms with E-state index < -0.39 is 0 Å². The molecule has 0 radical (unpaired) electrons. The van der Waals surface area contributed by atoms with Crippen molar-refractivity contribution in [1.29, 1.82) is 0 Å². The highest BCUT2D eigenvalue weighted by molar-refractivity contribution is 5.78. The molecule has 3 heteroatoms. The van der Waals surface area contributed by atoms with Crippen LogP contribution in [0.3, 0.4) is 0 Å². The van der Waals surface area contributed by atoms with E-state index in [-0.39, 0.29) is 17.2 Å². The highest BCUT2D eigenvalue weighted by Crippen LogP contribution is 2.23. The normalized spacial score (nSPS) is 18.9. The first kappa shape index (κ1) is 12.5. The minimum Gasteiger partial charge on any atom is -0.355 e. The Bertz CT molecular complexity index is 208. The van der Waals surface area contributed by atoms with E-state index in [2.05, 4.69) is 19.2 Å². The second-order valence-electron chi connectivity index (χ2n) is 5.42. The van der Waals surface area contributed by atoms with Gasteiger partial charge in [0.1, 0.15) is 0 Å². The molecule has 15 heavy (non-hydrogen) atoms. The molecule has 0 aromatic rings. The molecule has 1 rings (SSSR count). The van der Waals surface area contributed by atoms with Crippen LogP contribution < -0.4 is 11.1 Å². The first-order valence-corrected chi connectivity index (χ1v) is 6.03. The molecule has 0 aromatic heterocycles. The van der Waals surface area contributed by atoms with Crippen LogP contribution in [-0.2, 0) is 4.79 Å². The molecule has 1 fully saturated rings. The lowest BCUT2D eigenvalue weighted by molar-refractivity contribution is -0.126. The summed E-state index contributed by atoms with van der Waals surface area (Å²) < 4.78 is 0. The summed E-state index contributed by atoms with van der Waals surface area (Å²) in [5, 5.41) is 3.02. The minimum absolute atomic E-state index is 0.0182. The summed E-state index contributed by atoms with van der Waals surface area (Å²) in [6.45, 7) is 5.46. The van der Waals surface area contributed by atoms with Gasteiger partial charge in [-0.3, -0.25) is 4.79 Å². The van der Waals surface area contributed by atoms with Crippen LogP contribution in [0.5, 0.6) is 0 Å². The van der Waals surface area contributed by atoms with Gasteiger partial charge in [-0.1, -0.05) is 33.1 Å². The summed E-state index contributed by atoms with van der Waals surface area (Å²) in [6, 6.07) is 0. The van der Waals surface area contributed by atoms with Crippen molar-refractivity contribution in [2.75, 3.05) is 13.1 Å². The van der Waals surface area contributed by atoms with Crippen molar-refractivity contribution in [1.82, 2.24) is 5.32 Å². The van der Waals surface area contributed by atoms with E-state index in [1.807, 2.05) is 0 Å². The van der Waals surface area contributed by atoms with E-state index >= 15 is 0 Å². The lowest BCUT2D eigenvalue weighted by Gasteiger charge is -2.26. The maximum absolute atomic E-state index is 11.8. The molecular weight excluding hydrogens is 188 g/mol. The Hall–Kier alpha value is -0.570. The standard InChI is InChI=1S/C12H24N2O/c1-12(2,8-13)9-14-11(15)10-6-4-3-5-7-10/h10H,3-9,13H2,1-2H3,(H,14,15). The molecule has 1 amide bonds. The van der Waals surface area contributed by atoms with Crippen molar-refractivity contribution >= 4 is 5.91 Å². The topological polar surface area (TPSA) is 55.1 Å². The molecule has 0 aliphatic heterocycles. The molecule has 0 unspecified atom stereocenters. The molecule has 1 saturated carbocycles. The number of carbonyl (C=O) groups is 1. The van der Waals surface area contributed by atoms with Crippen molar-refractivity contribution in [3.8, 4) is 0 Å². The zero-order valence-corrected chi connectivity index (χ0v) is 10.0. The molecule has 0 spiro atoms. The van der Waals surface area contributed by atoms with Crippen molar-refractivity contribution in [2.45, 2.75) is 46.0 Å². The summed E-state index contributed by atoms with van der Waals surface area (Å²) in [5.41, 5.74) is 5.64. The number of carbonyl (C=O) groups excluding carboxylic acids is 1. The third-order valence-electron chi connectivity index (χ3n) is 3.27. The number of nitrogens with two attached hydrogens (primary N) is 1. The Morgan fingerprint density at radius 1 is 1.33 bits per heavy atom. The van der Waals surface area contributed by atoms with Crippen LogP contribution in [-0.4, -0.2) is 19.0 Å². The SMILES string of the molecule is CC(C)(CN)CNC(=O)C1CCCCC1. The number of nitrogens with one attached hydrogen (secondary N) is 1. The van der Waals surface area contributed by atoms with Crippen LogP contribution in [0, 0.1) is 11.3 Å². The number of hydrogen-bond donors (Lipinski definition) is 2. The van der Waals surface area contributed by atoms with Crippen molar-refractivity contribution in [3.63, 3.8) is 0 Å². The van der Waals surface area contributed by atoms with Gasteiger partial charge in [0, 0.05) is 12.5 Å². The van der Waals surface area contributed by atoms with Gasteiger partial charge >= 0.3 is 0 Å². The van der Waals surface area contributed by atoms with Gasteiger partial charge in [-0.25, -0.2) is 0 Å². The van der Waals surface area contributed by atoms with E-state index in [1.165, 1.54) is 19.3 Å². The van der Waals surface area contributed by atoms with E-state index in [9.17, 15) is 4.79 Å². The van der Waals surface area contributed by atoms with Crippen LogP contribution in [0.15, 0.2) is 0 Å². The summed E-state index contributed by atoms with van der Waals surface area (Å²) in [5.74, 6) is 0.489. The van der Waals surface area contributed by atoms with E-state index in [0.29, 0.717) is 13.1 Å². The summed E-state index contributed by atoms with van der Waals surface area (Å²) in [6.07, 6.45) is 5.83. The van der Waals surface area contributed by atoms with Gasteiger partial charge in [0.15, 0.2) is 0 Å². The molecule has 0 bridgehead atoms. The number of rotatable bonds is 4. The highest BCUT2D eigenvalue weighted by atomic mass is 16.1. The average Bonchev–Trinajstić information content (AvgIpc) is 2.27. The molecule has 0 aromatic carbocycles. The zero-order chi connectivity index (χ0) is 11.3. The Labute approximate surface area is 92.8 Å². The molecule has 0 atom stereocenters. The summed E-state index contributed by atoms with van der Waals surface area (Å²) >= 11 is 0. The molecule has 3 nitrogen and oxygen atoms in total. The Kier molecular flexibility index (Phi) is 4.58. The fourth-order valence-corrected chi connectivity index (χ4v) is 1.91. The molecule has 1 aliphatic carbocycles. The fraction of sp³-hybridized carbons (Fsp3) is 0.917. The van der Waals surface area contributed by atoms with Crippen LogP contribution in [0.1, 0.15) is 46.0 Å². The van der Waals surface area contributed by atoms with Crippen LogP contribution in [0.2, 0.25) is 0 Å². The average molecular weight is 212 g/mol. The maximum atomic E-state index is 11.8. The van der Waals surface area contributed by atoms with Gasteiger partial charge in [-0.05, 0) is 24.8 Å². The predicted octanol–water partition coefficient (Wildman–Crippen LogP) is 1.67. The molecular formula is C12H24N2O. The van der Waals surface area contributed by atoms with Crippen LogP contribution in [0.25, 0.3) is 0 Å². The van der Waals surface area contributed by atoms with Crippen LogP contribution >= 0.6 is 0 Å². The zero-order valence-electron chi connectivity index (χ0n) is 10.0. The van der Waals surface area contributed by atoms with Gasteiger partial charge in [-0.15, -0.1) is 0 Å². The third kappa shape index (κ3) is 4.20. The Morgan fingerprint density at radius 3 is 2.47 bits per heavy atom. The largest absolute Gasteiger partial charge is 0.355 e. The second-order valence-corrected chi connectivity index (χ2v) is 5.42. The fourth-order valence-electron chi connectivity index (χ4n) is 1.91. The third-order valence-corrected chi connectivity index (χ3v) is 3.27. The lowest BCUT2D eigenvalue weighted by atomic mass is 9.88. The lowest BCUT2D eigenvalue weighted by Crippen LogP contribution is -2.41. The number of amides is 1. The monoisotopic (exact) mass is 212 g/mol. The van der Waals surface area contributed by atoms with Gasteiger partial charge in [-0.2, -0.15) is 0 Å². The van der Waals surface area contributed by atoms with E-state index in [1.54, 1.807) is 0 Å². The van der Waals surface area contributed by atoms with E-state index in [0.717, 1.165) is 12.8 Å². The first-order chi connectivity index (χ1) is 7.05. The van der Waals surface area contributed by atoms with Gasteiger partial charge in [0.25, 0.3) is 0 Å². The first-order valence-electron chi connectivity index (χ1n) is 6.03. The van der Waals surface area contributed by atoms with Gasteiger partial charge in [0.05, 0.1) is 0 Å². The summed E-state index contributed by atoms with van der Waals surface area (Å²) in [4.78, 5) is 11.8. The van der Waals surface area contributed by atoms with Crippen molar-refractivity contribution in [3.05, 3.63) is 0 Å². The summed E-state index contributed by atoms with van der Waals surface area (Å²) in [7, 11) is 0. The van der Waals surface area contributed by atoms with Gasteiger partial charge < -0.3 is 11.1 Å². The van der Waals surface area contributed by atoms with E-state index in [4.69, 9.17) is 5.73 Å². The minimum atomic E-state index is 0.0182. The Balaban J connectivity index is 2.28. The number of hydrogen-bond acceptors (Lipinski definition) is 2. The predicted molar refractivity (Wildman–Crippen MR) is 62.4 cm³/mol. The molecule has 0 heterocycles. The van der Waals surface area contributed by atoms with Crippen molar-refractivity contribution < 1.29 is 4.79 Å². The van der Waals surface area contributed by atoms with Gasteiger partial charge in [0.2, 0.25) is 5.91 Å². The smallest absolute Gasteiger partial charge is 0.223 e. The molecule has 0 saturated heterocycles. The molecule has 3 N–H and O–H groups in total. The van der Waals surface area contributed by atoms with Crippen molar-refractivity contribution in [2.24, 2.45) is 17.1 Å².